The Hall–Kier alpha value is -2.04. The van der Waals surface area contributed by atoms with Gasteiger partial charge in [0.1, 0.15) is 0 Å². The second-order valence-electron chi connectivity index (χ2n) is 7.85. The molecule has 4 nitrogen and oxygen atoms in total. The lowest BCUT2D eigenvalue weighted by Crippen LogP contribution is -2.46. The van der Waals surface area contributed by atoms with Crippen LogP contribution in [0.2, 0.25) is 5.02 Å². The smallest absolute Gasteiger partial charge is 0.220 e. The predicted octanol–water partition coefficient (Wildman–Crippen LogP) is 4.30. The first-order chi connectivity index (χ1) is 14.1. The lowest BCUT2D eigenvalue weighted by molar-refractivity contribution is -0.121. The van der Waals surface area contributed by atoms with Crippen LogP contribution in [-0.4, -0.2) is 50.1 Å². The minimum Gasteiger partial charge on any atom is -0.369 e. The molecule has 0 aliphatic carbocycles. The molecule has 0 radical (unpaired) electrons. The standard InChI is InChI=1S/C24H32ClN3O/c1-20-5-4-6-23(19-20)28-17-15-27(16-18-28)14-3-2-13-26-24(29)12-9-21-7-10-22(25)11-8-21/h4-8,10-11,19H,2-3,9,12-18H2,1H3,(H,26,29). The van der Waals surface area contributed by atoms with Crippen LogP contribution in [-0.2, 0) is 11.2 Å². The van der Waals surface area contributed by atoms with E-state index in [1.807, 2.05) is 24.3 Å². The van der Waals surface area contributed by atoms with Crippen LogP contribution in [0.1, 0.15) is 30.4 Å². The fraction of sp³-hybridized carbons (Fsp3) is 0.458. The Labute approximate surface area is 179 Å². The topological polar surface area (TPSA) is 35.6 Å². The van der Waals surface area contributed by atoms with E-state index in [4.69, 9.17) is 11.6 Å². The van der Waals surface area contributed by atoms with Gasteiger partial charge in [-0.1, -0.05) is 35.9 Å². The van der Waals surface area contributed by atoms with E-state index in [-0.39, 0.29) is 5.91 Å². The molecule has 1 amide bonds. The Morgan fingerprint density at radius 1 is 1.03 bits per heavy atom. The second-order valence-corrected chi connectivity index (χ2v) is 8.29. The molecule has 0 atom stereocenters. The van der Waals surface area contributed by atoms with Crippen molar-refractivity contribution < 1.29 is 4.79 Å². The molecule has 1 saturated heterocycles. The van der Waals surface area contributed by atoms with Gasteiger partial charge in [-0.15, -0.1) is 0 Å². The Balaban J connectivity index is 1.24. The summed E-state index contributed by atoms with van der Waals surface area (Å²) in [5.41, 5.74) is 3.81. The number of halogens is 1. The summed E-state index contributed by atoms with van der Waals surface area (Å²) < 4.78 is 0. The van der Waals surface area contributed by atoms with Crippen molar-refractivity contribution in [2.75, 3.05) is 44.2 Å². The van der Waals surface area contributed by atoms with E-state index in [0.717, 1.165) is 69.1 Å². The predicted molar refractivity (Wildman–Crippen MR) is 122 cm³/mol. The van der Waals surface area contributed by atoms with Crippen LogP contribution >= 0.6 is 11.6 Å². The Kier molecular flexibility index (Phi) is 8.38. The van der Waals surface area contributed by atoms with Gasteiger partial charge in [0, 0.05) is 49.9 Å². The lowest BCUT2D eigenvalue weighted by Gasteiger charge is -2.36. The van der Waals surface area contributed by atoms with Crippen molar-refractivity contribution >= 4 is 23.2 Å². The summed E-state index contributed by atoms with van der Waals surface area (Å²) >= 11 is 5.88. The third kappa shape index (κ3) is 7.37. The third-order valence-electron chi connectivity index (χ3n) is 5.52. The van der Waals surface area contributed by atoms with Crippen LogP contribution in [0.5, 0.6) is 0 Å². The summed E-state index contributed by atoms with van der Waals surface area (Å²) in [6.07, 6.45) is 3.45. The van der Waals surface area contributed by atoms with Gasteiger partial charge >= 0.3 is 0 Å². The normalized spacial score (nSPS) is 14.8. The maximum atomic E-state index is 12.0. The second kappa shape index (κ2) is 11.2. The minimum atomic E-state index is 0.131. The van der Waals surface area contributed by atoms with Gasteiger partial charge in [-0.2, -0.15) is 0 Å². The third-order valence-corrected chi connectivity index (χ3v) is 5.77. The van der Waals surface area contributed by atoms with Crippen molar-refractivity contribution in [1.29, 1.82) is 0 Å². The van der Waals surface area contributed by atoms with Gasteiger partial charge in [0.25, 0.3) is 0 Å². The molecule has 1 heterocycles. The molecule has 156 valence electrons. The largest absolute Gasteiger partial charge is 0.369 e. The molecule has 1 N–H and O–H groups in total. The number of amides is 1. The van der Waals surface area contributed by atoms with Crippen molar-refractivity contribution in [3.8, 4) is 0 Å². The Morgan fingerprint density at radius 3 is 2.52 bits per heavy atom. The van der Waals surface area contributed by atoms with E-state index in [0.29, 0.717) is 6.42 Å². The first-order valence-corrected chi connectivity index (χ1v) is 11.0. The molecule has 5 heteroatoms. The average Bonchev–Trinajstić information content (AvgIpc) is 2.73. The van der Waals surface area contributed by atoms with E-state index in [2.05, 4.69) is 46.3 Å². The number of benzene rings is 2. The molecule has 1 aliphatic rings. The van der Waals surface area contributed by atoms with E-state index in [1.54, 1.807) is 0 Å². The highest BCUT2D eigenvalue weighted by molar-refractivity contribution is 6.30. The van der Waals surface area contributed by atoms with Crippen LogP contribution in [0.4, 0.5) is 5.69 Å². The first-order valence-electron chi connectivity index (χ1n) is 10.7. The zero-order chi connectivity index (χ0) is 20.5. The van der Waals surface area contributed by atoms with Crippen LogP contribution in [0.25, 0.3) is 0 Å². The van der Waals surface area contributed by atoms with E-state index in [9.17, 15) is 4.79 Å². The summed E-state index contributed by atoms with van der Waals surface area (Å²) in [7, 11) is 0. The van der Waals surface area contributed by atoms with Crippen LogP contribution in [0.3, 0.4) is 0 Å². The molecule has 0 bridgehead atoms. The highest BCUT2D eigenvalue weighted by Crippen LogP contribution is 2.18. The zero-order valence-corrected chi connectivity index (χ0v) is 18.1. The number of unbranched alkanes of at least 4 members (excludes halogenated alkanes) is 1. The van der Waals surface area contributed by atoms with Gasteiger partial charge in [0.15, 0.2) is 0 Å². The number of nitrogens with zero attached hydrogens (tertiary/aromatic N) is 2. The summed E-state index contributed by atoms with van der Waals surface area (Å²) in [5.74, 6) is 0.131. The van der Waals surface area contributed by atoms with Gasteiger partial charge in [0.2, 0.25) is 5.91 Å². The van der Waals surface area contributed by atoms with Gasteiger partial charge in [-0.3, -0.25) is 9.69 Å². The van der Waals surface area contributed by atoms with Crippen molar-refractivity contribution in [2.24, 2.45) is 0 Å². The highest BCUT2D eigenvalue weighted by atomic mass is 35.5. The molecule has 29 heavy (non-hydrogen) atoms. The number of hydrogen-bond donors (Lipinski definition) is 1. The molecule has 0 unspecified atom stereocenters. The fourth-order valence-electron chi connectivity index (χ4n) is 3.74. The van der Waals surface area contributed by atoms with Gasteiger partial charge in [-0.05, 0) is 68.1 Å². The molecule has 2 aromatic carbocycles. The first kappa shape index (κ1) is 21.7. The van der Waals surface area contributed by atoms with E-state index < -0.39 is 0 Å². The van der Waals surface area contributed by atoms with E-state index in [1.165, 1.54) is 11.3 Å². The molecule has 1 fully saturated rings. The molecular weight excluding hydrogens is 382 g/mol. The van der Waals surface area contributed by atoms with Crippen LogP contribution < -0.4 is 10.2 Å². The molecule has 0 spiro atoms. The van der Waals surface area contributed by atoms with Crippen molar-refractivity contribution in [3.63, 3.8) is 0 Å². The number of piperazine rings is 1. The average molecular weight is 414 g/mol. The SMILES string of the molecule is Cc1cccc(N2CCN(CCCCNC(=O)CCc3ccc(Cl)cc3)CC2)c1. The molecule has 1 aliphatic heterocycles. The van der Waals surface area contributed by atoms with Crippen LogP contribution in [0.15, 0.2) is 48.5 Å². The van der Waals surface area contributed by atoms with Crippen molar-refractivity contribution in [2.45, 2.75) is 32.6 Å². The van der Waals surface area contributed by atoms with Crippen molar-refractivity contribution in [1.82, 2.24) is 10.2 Å². The number of aryl methyl sites for hydroxylation is 2. The zero-order valence-electron chi connectivity index (χ0n) is 17.4. The molecular formula is C24H32ClN3O. The minimum absolute atomic E-state index is 0.131. The fourth-order valence-corrected chi connectivity index (χ4v) is 3.87. The summed E-state index contributed by atoms with van der Waals surface area (Å²) in [6, 6.07) is 16.5. The van der Waals surface area contributed by atoms with Crippen molar-refractivity contribution in [3.05, 3.63) is 64.7 Å². The van der Waals surface area contributed by atoms with E-state index >= 15 is 0 Å². The molecule has 0 aromatic heterocycles. The molecule has 3 rings (SSSR count). The highest BCUT2D eigenvalue weighted by Gasteiger charge is 2.16. The maximum absolute atomic E-state index is 12.0. The number of carbonyl (C=O) groups is 1. The van der Waals surface area contributed by atoms with Gasteiger partial charge in [-0.25, -0.2) is 0 Å². The summed E-state index contributed by atoms with van der Waals surface area (Å²) in [6.45, 7) is 8.43. The quantitative estimate of drug-likeness (QED) is 0.622. The summed E-state index contributed by atoms with van der Waals surface area (Å²) in [5, 5.41) is 3.78. The van der Waals surface area contributed by atoms with Gasteiger partial charge < -0.3 is 10.2 Å². The lowest BCUT2D eigenvalue weighted by atomic mass is 10.1. The number of hydrogen-bond acceptors (Lipinski definition) is 3. The monoisotopic (exact) mass is 413 g/mol. The maximum Gasteiger partial charge on any atom is 0.220 e. The Morgan fingerprint density at radius 2 is 1.79 bits per heavy atom. The number of rotatable bonds is 9. The summed E-state index contributed by atoms with van der Waals surface area (Å²) in [4.78, 5) is 17.0. The Bertz CT molecular complexity index is 770. The number of anilines is 1. The number of carbonyl (C=O) groups excluding carboxylic acids is 1. The van der Waals surface area contributed by atoms with Gasteiger partial charge in [0.05, 0.1) is 0 Å². The molecule has 0 saturated carbocycles. The molecule has 2 aromatic rings. The number of nitrogens with one attached hydrogen (secondary N) is 1. The van der Waals surface area contributed by atoms with Crippen LogP contribution in [0, 0.1) is 6.92 Å².